The van der Waals surface area contributed by atoms with Crippen LogP contribution in [0.3, 0.4) is 0 Å². The van der Waals surface area contributed by atoms with Gasteiger partial charge >= 0.3 is 6.09 Å². The van der Waals surface area contributed by atoms with E-state index in [9.17, 15) is 4.79 Å². The third-order valence-corrected chi connectivity index (χ3v) is 2.62. The first-order valence-corrected chi connectivity index (χ1v) is 5.40. The van der Waals surface area contributed by atoms with Gasteiger partial charge in [-0.2, -0.15) is 0 Å². The van der Waals surface area contributed by atoms with Crippen LogP contribution in [-0.4, -0.2) is 31.8 Å². The summed E-state index contributed by atoms with van der Waals surface area (Å²) in [4.78, 5) is 18.5. The van der Waals surface area contributed by atoms with Crippen molar-refractivity contribution in [1.82, 2.24) is 19.9 Å². The molecule has 0 fully saturated rings. The molecule has 0 aliphatic heterocycles. The smallest absolute Gasteiger partial charge is 0.404 e. The summed E-state index contributed by atoms with van der Waals surface area (Å²) in [5.41, 5.74) is 1.46. The average molecular weight is 255 g/mol. The standard InChI is InChI=1S/C10H11ClN4O2/c1-6(14-10(16)17)4-15-3-2-7-8(15)9(11)13-5-12-7/h2-3,5-6,14H,4H2,1H3,(H,16,17). The summed E-state index contributed by atoms with van der Waals surface area (Å²) in [7, 11) is 0. The maximum absolute atomic E-state index is 10.5. The van der Waals surface area contributed by atoms with E-state index in [-0.39, 0.29) is 6.04 Å². The fourth-order valence-corrected chi connectivity index (χ4v) is 1.95. The van der Waals surface area contributed by atoms with Gasteiger partial charge < -0.3 is 15.0 Å². The Labute approximate surface area is 102 Å². The first kappa shape index (κ1) is 11.7. The van der Waals surface area contributed by atoms with Gasteiger partial charge in [0.2, 0.25) is 0 Å². The van der Waals surface area contributed by atoms with Gasteiger partial charge in [-0.15, -0.1) is 0 Å². The summed E-state index contributed by atoms with van der Waals surface area (Å²) >= 11 is 5.98. The van der Waals surface area contributed by atoms with Gasteiger partial charge in [0.05, 0.1) is 5.52 Å². The van der Waals surface area contributed by atoms with E-state index in [0.29, 0.717) is 17.2 Å². The SMILES string of the molecule is CC(Cn1ccc2ncnc(Cl)c21)NC(=O)O. The predicted octanol–water partition coefficient (Wildman–Crippen LogP) is 1.74. The molecule has 2 rings (SSSR count). The van der Waals surface area contributed by atoms with Gasteiger partial charge in [-0.05, 0) is 13.0 Å². The van der Waals surface area contributed by atoms with E-state index >= 15 is 0 Å². The highest BCUT2D eigenvalue weighted by atomic mass is 35.5. The van der Waals surface area contributed by atoms with Crippen LogP contribution in [0, 0.1) is 0 Å². The Morgan fingerprint density at radius 3 is 3.12 bits per heavy atom. The number of nitrogens with one attached hydrogen (secondary N) is 1. The van der Waals surface area contributed by atoms with Crippen molar-refractivity contribution in [2.75, 3.05) is 0 Å². The van der Waals surface area contributed by atoms with Crippen LogP contribution in [-0.2, 0) is 6.54 Å². The zero-order valence-electron chi connectivity index (χ0n) is 9.09. The normalized spacial score (nSPS) is 12.6. The van der Waals surface area contributed by atoms with E-state index in [1.54, 1.807) is 6.92 Å². The lowest BCUT2D eigenvalue weighted by Gasteiger charge is -2.13. The number of hydrogen-bond acceptors (Lipinski definition) is 3. The molecule has 2 aromatic heterocycles. The average Bonchev–Trinajstić information content (AvgIpc) is 2.61. The number of fused-ring (bicyclic) bond motifs is 1. The number of amides is 1. The summed E-state index contributed by atoms with van der Waals surface area (Å²) in [6, 6.07) is 1.59. The Morgan fingerprint density at radius 1 is 1.65 bits per heavy atom. The number of rotatable bonds is 3. The zero-order valence-corrected chi connectivity index (χ0v) is 9.85. The Hall–Kier alpha value is -1.82. The number of halogens is 1. The molecule has 2 N–H and O–H groups in total. The first-order chi connectivity index (χ1) is 8.08. The van der Waals surface area contributed by atoms with Crippen molar-refractivity contribution in [3.63, 3.8) is 0 Å². The van der Waals surface area contributed by atoms with E-state index < -0.39 is 6.09 Å². The van der Waals surface area contributed by atoms with Crippen LogP contribution in [0.25, 0.3) is 11.0 Å². The number of aromatic nitrogens is 3. The second kappa shape index (κ2) is 4.58. The lowest BCUT2D eigenvalue weighted by Crippen LogP contribution is -2.34. The molecule has 17 heavy (non-hydrogen) atoms. The summed E-state index contributed by atoms with van der Waals surface area (Å²) in [6.45, 7) is 2.25. The third-order valence-electron chi connectivity index (χ3n) is 2.35. The maximum Gasteiger partial charge on any atom is 0.404 e. The maximum atomic E-state index is 10.5. The molecule has 6 nitrogen and oxygen atoms in total. The van der Waals surface area contributed by atoms with Gasteiger partial charge in [0.1, 0.15) is 11.8 Å². The summed E-state index contributed by atoms with van der Waals surface area (Å²) in [5.74, 6) is 0. The number of carboxylic acid groups (broad SMARTS) is 1. The van der Waals surface area contributed by atoms with Crippen molar-refractivity contribution >= 4 is 28.7 Å². The van der Waals surface area contributed by atoms with Gasteiger partial charge in [0.15, 0.2) is 5.15 Å². The van der Waals surface area contributed by atoms with E-state index in [4.69, 9.17) is 16.7 Å². The van der Waals surface area contributed by atoms with Gasteiger partial charge in [-0.3, -0.25) is 0 Å². The van der Waals surface area contributed by atoms with Crippen molar-refractivity contribution in [3.8, 4) is 0 Å². The molecule has 90 valence electrons. The zero-order chi connectivity index (χ0) is 12.4. The van der Waals surface area contributed by atoms with Gasteiger partial charge in [0, 0.05) is 18.8 Å². The van der Waals surface area contributed by atoms with Crippen molar-refractivity contribution in [3.05, 3.63) is 23.7 Å². The monoisotopic (exact) mass is 254 g/mol. The summed E-state index contributed by atoms with van der Waals surface area (Å²) in [5, 5.41) is 11.3. The summed E-state index contributed by atoms with van der Waals surface area (Å²) < 4.78 is 1.83. The minimum atomic E-state index is -1.05. The molecule has 0 aliphatic rings. The van der Waals surface area contributed by atoms with Crippen molar-refractivity contribution in [2.24, 2.45) is 0 Å². The van der Waals surface area contributed by atoms with E-state index in [1.807, 2.05) is 16.8 Å². The second-order valence-corrected chi connectivity index (χ2v) is 4.07. The minimum absolute atomic E-state index is 0.223. The highest BCUT2D eigenvalue weighted by Crippen LogP contribution is 2.20. The topological polar surface area (TPSA) is 80.0 Å². The number of nitrogens with zero attached hydrogens (tertiary/aromatic N) is 3. The molecule has 7 heteroatoms. The van der Waals surface area contributed by atoms with Crippen molar-refractivity contribution in [2.45, 2.75) is 19.5 Å². The fraction of sp³-hybridized carbons (Fsp3) is 0.300. The van der Waals surface area contributed by atoms with Crippen LogP contribution in [0.2, 0.25) is 5.15 Å². The molecule has 0 aliphatic carbocycles. The third kappa shape index (κ3) is 2.47. The second-order valence-electron chi connectivity index (χ2n) is 3.72. The Balaban J connectivity index is 2.27. The molecule has 0 saturated carbocycles. The molecule has 0 aromatic carbocycles. The van der Waals surface area contributed by atoms with Crippen molar-refractivity contribution in [1.29, 1.82) is 0 Å². The fourth-order valence-electron chi connectivity index (χ4n) is 1.70. The van der Waals surface area contributed by atoms with Gasteiger partial charge in [-0.25, -0.2) is 14.8 Å². The molecule has 1 amide bonds. The molecule has 0 saturated heterocycles. The Morgan fingerprint density at radius 2 is 2.41 bits per heavy atom. The lowest BCUT2D eigenvalue weighted by atomic mass is 10.3. The highest BCUT2D eigenvalue weighted by molar-refractivity contribution is 6.33. The van der Waals surface area contributed by atoms with Crippen LogP contribution >= 0.6 is 11.6 Å². The molecule has 2 heterocycles. The number of hydrogen-bond donors (Lipinski definition) is 2. The molecular weight excluding hydrogens is 244 g/mol. The molecule has 1 unspecified atom stereocenters. The Bertz CT molecular complexity index is 554. The van der Waals surface area contributed by atoms with Crippen LogP contribution in [0.15, 0.2) is 18.6 Å². The van der Waals surface area contributed by atoms with Gasteiger partial charge in [0.25, 0.3) is 0 Å². The van der Waals surface area contributed by atoms with Crippen LogP contribution < -0.4 is 5.32 Å². The molecule has 0 spiro atoms. The first-order valence-electron chi connectivity index (χ1n) is 5.02. The van der Waals surface area contributed by atoms with Crippen LogP contribution in [0.1, 0.15) is 6.92 Å². The molecular formula is C10H11ClN4O2. The predicted molar refractivity (Wildman–Crippen MR) is 63.2 cm³/mol. The molecule has 2 aromatic rings. The van der Waals surface area contributed by atoms with Crippen LogP contribution in [0.4, 0.5) is 4.79 Å². The molecule has 0 radical (unpaired) electrons. The van der Waals surface area contributed by atoms with E-state index in [2.05, 4.69) is 15.3 Å². The largest absolute Gasteiger partial charge is 0.465 e. The Kier molecular flexibility index (Phi) is 3.14. The highest BCUT2D eigenvalue weighted by Gasteiger charge is 2.11. The summed E-state index contributed by atoms with van der Waals surface area (Å²) in [6.07, 6.45) is 2.16. The number of carbonyl (C=O) groups is 1. The molecule has 0 bridgehead atoms. The minimum Gasteiger partial charge on any atom is -0.465 e. The quantitative estimate of drug-likeness (QED) is 0.818. The van der Waals surface area contributed by atoms with E-state index in [0.717, 1.165) is 5.52 Å². The lowest BCUT2D eigenvalue weighted by molar-refractivity contribution is 0.189. The van der Waals surface area contributed by atoms with Crippen molar-refractivity contribution < 1.29 is 9.90 Å². The van der Waals surface area contributed by atoms with Gasteiger partial charge in [-0.1, -0.05) is 11.6 Å². The van der Waals surface area contributed by atoms with E-state index in [1.165, 1.54) is 6.33 Å². The molecule has 1 atom stereocenters. The van der Waals surface area contributed by atoms with Crippen LogP contribution in [0.5, 0.6) is 0 Å².